The predicted octanol–water partition coefficient (Wildman–Crippen LogP) is 4.75. The third-order valence-electron chi connectivity index (χ3n) is 4.67. The number of halogens is 5. The van der Waals surface area contributed by atoms with Gasteiger partial charge in [0, 0.05) is 37.8 Å². The molecule has 2 aromatic carbocycles. The summed E-state index contributed by atoms with van der Waals surface area (Å²) in [6, 6.07) is 10.1. The van der Waals surface area contributed by atoms with E-state index >= 15 is 0 Å². The van der Waals surface area contributed by atoms with Gasteiger partial charge in [0.25, 0.3) is 0 Å². The van der Waals surface area contributed by atoms with Crippen LogP contribution in [0.4, 0.5) is 13.2 Å². The van der Waals surface area contributed by atoms with Gasteiger partial charge in [-0.15, -0.1) is 24.8 Å². The van der Waals surface area contributed by atoms with Gasteiger partial charge in [0.2, 0.25) is 5.89 Å². The van der Waals surface area contributed by atoms with Gasteiger partial charge in [-0.05, 0) is 35.9 Å². The van der Waals surface area contributed by atoms with Gasteiger partial charge < -0.3 is 9.73 Å². The smallest absolute Gasteiger partial charge is 0.226 e. The minimum Gasteiger partial charge on any atom is -0.444 e. The summed E-state index contributed by atoms with van der Waals surface area (Å²) in [6.07, 6.45) is 1.52. The third kappa shape index (κ3) is 5.30. The van der Waals surface area contributed by atoms with Gasteiger partial charge in [-0.2, -0.15) is 0 Å². The summed E-state index contributed by atoms with van der Waals surface area (Å²) in [5, 5.41) is 3.33. The molecule has 0 amide bonds. The molecule has 9 heteroatoms. The van der Waals surface area contributed by atoms with E-state index in [0.717, 1.165) is 30.8 Å². The zero-order valence-corrected chi connectivity index (χ0v) is 16.9. The fourth-order valence-electron chi connectivity index (χ4n) is 3.33. The Morgan fingerprint density at radius 3 is 2.66 bits per heavy atom. The number of rotatable bonds is 4. The molecule has 1 atom stereocenters. The van der Waals surface area contributed by atoms with E-state index < -0.39 is 11.6 Å². The molecule has 1 fully saturated rings. The fourth-order valence-corrected chi connectivity index (χ4v) is 3.33. The topological polar surface area (TPSA) is 41.3 Å². The number of hydrogen-bond acceptors (Lipinski definition) is 4. The first-order chi connectivity index (χ1) is 13.1. The normalized spacial score (nSPS) is 16.7. The molecule has 1 N–H and O–H groups in total. The molecule has 4 nitrogen and oxygen atoms in total. The largest absolute Gasteiger partial charge is 0.444 e. The second kappa shape index (κ2) is 10.1. The van der Waals surface area contributed by atoms with Crippen LogP contribution in [0.1, 0.15) is 17.3 Å². The van der Waals surface area contributed by atoms with E-state index in [2.05, 4.69) is 15.2 Å². The van der Waals surface area contributed by atoms with Crippen LogP contribution in [-0.2, 0) is 6.54 Å². The molecule has 1 saturated heterocycles. The Kier molecular flexibility index (Phi) is 8.10. The van der Waals surface area contributed by atoms with Crippen molar-refractivity contribution in [3.05, 3.63) is 77.4 Å². The van der Waals surface area contributed by atoms with E-state index in [1.54, 1.807) is 12.1 Å². The van der Waals surface area contributed by atoms with Crippen LogP contribution in [0.3, 0.4) is 0 Å². The van der Waals surface area contributed by atoms with Crippen LogP contribution in [0.15, 0.2) is 53.1 Å². The number of nitrogens with one attached hydrogen (secondary N) is 1. The van der Waals surface area contributed by atoms with Crippen molar-refractivity contribution < 1.29 is 17.6 Å². The van der Waals surface area contributed by atoms with E-state index in [4.69, 9.17) is 4.42 Å². The van der Waals surface area contributed by atoms with E-state index in [1.165, 1.54) is 18.4 Å². The van der Waals surface area contributed by atoms with Crippen molar-refractivity contribution in [2.24, 2.45) is 0 Å². The fraction of sp³-hybridized carbons (Fsp3) is 0.250. The molecule has 0 bridgehead atoms. The maximum Gasteiger partial charge on any atom is 0.226 e. The van der Waals surface area contributed by atoms with Crippen LogP contribution in [0.2, 0.25) is 0 Å². The third-order valence-corrected chi connectivity index (χ3v) is 4.67. The van der Waals surface area contributed by atoms with Crippen LogP contribution in [0, 0.1) is 17.5 Å². The average Bonchev–Trinajstić information content (AvgIpc) is 3.13. The zero-order chi connectivity index (χ0) is 18.8. The Labute approximate surface area is 178 Å². The monoisotopic (exact) mass is 445 g/mol. The quantitative estimate of drug-likeness (QED) is 0.628. The number of piperazine rings is 1. The predicted molar refractivity (Wildman–Crippen MR) is 109 cm³/mol. The molecule has 4 rings (SSSR count). The summed E-state index contributed by atoms with van der Waals surface area (Å²) < 4.78 is 45.6. The summed E-state index contributed by atoms with van der Waals surface area (Å²) >= 11 is 0. The number of hydrogen-bond donors (Lipinski definition) is 1. The highest BCUT2D eigenvalue weighted by atomic mass is 35.5. The summed E-state index contributed by atoms with van der Waals surface area (Å²) in [4.78, 5) is 6.59. The molecule has 1 aliphatic heterocycles. The Morgan fingerprint density at radius 2 is 1.90 bits per heavy atom. The standard InChI is InChI=1S/C20H18F3N3O.2ClH/c21-15-3-1-2-13(8-15)19-10-24-6-7-26(19)11-16-12-27-20(25-16)14-4-5-17(22)18(23)9-14;;/h1-5,8-9,12,19,24H,6-7,10-11H2;2*1H. The van der Waals surface area contributed by atoms with E-state index in [9.17, 15) is 13.2 Å². The lowest BCUT2D eigenvalue weighted by atomic mass is 10.0. The first-order valence-corrected chi connectivity index (χ1v) is 8.70. The number of nitrogens with zero attached hydrogens (tertiary/aromatic N) is 2. The van der Waals surface area contributed by atoms with Crippen molar-refractivity contribution in [3.63, 3.8) is 0 Å². The van der Waals surface area contributed by atoms with Crippen molar-refractivity contribution in [1.29, 1.82) is 0 Å². The molecule has 2 heterocycles. The van der Waals surface area contributed by atoms with Crippen LogP contribution >= 0.6 is 24.8 Å². The van der Waals surface area contributed by atoms with Gasteiger partial charge in [0.05, 0.1) is 5.69 Å². The van der Waals surface area contributed by atoms with Crippen molar-refractivity contribution >= 4 is 24.8 Å². The molecule has 3 aromatic rings. The average molecular weight is 446 g/mol. The zero-order valence-electron chi connectivity index (χ0n) is 15.3. The SMILES string of the molecule is Cl.Cl.Fc1cccc(C2CNCCN2Cc2coc(-c3ccc(F)c(F)c3)n2)c1. The number of aromatic nitrogens is 1. The van der Waals surface area contributed by atoms with Crippen molar-refractivity contribution in [2.75, 3.05) is 19.6 Å². The molecular weight excluding hydrogens is 426 g/mol. The Morgan fingerprint density at radius 1 is 1.07 bits per heavy atom. The Balaban J connectivity index is 0.00000150. The lowest BCUT2D eigenvalue weighted by Crippen LogP contribution is -2.45. The van der Waals surface area contributed by atoms with Crippen LogP contribution < -0.4 is 5.32 Å². The molecule has 29 heavy (non-hydrogen) atoms. The molecule has 0 spiro atoms. The molecular formula is C20H20Cl2F3N3O. The number of oxazole rings is 1. The minimum absolute atomic E-state index is 0. The Bertz CT molecular complexity index is 954. The van der Waals surface area contributed by atoms with Crippen LogP contribution in [-0.4, -0.2) is 29.5 Å². The summed E-state index contributed by atoms with van der Waals surface area (Å²) in [7, 11) is 0. The highest BCUT2D eigenvalue weighted by molar-refractivity contribution is 5.85. The second-order valence-electron chi connectivity index (χ2n) is 6.52. The molecule has 156 valence electrons. The highest BCUT2D eigenvalue weighted by Crippen LogP contribution is 2.26. The summed E-state index contributed by atoms with van der Waals surface area (Å²) in [6.45, 7) is 2.81. The Hall–Kier alpha value is -2.06. The van der Waals surface area contributed by atoms with Gasteiger partial charge in [-0.1, -0.05) is 12.1 Å². The van der Waals surface area contributed by atoms with Crippen molar-refractivity contribution in [2.45, 2.75) is 12.6 Å². The molecule has 0 saturated carbocycles. The second-order valence-corrected chi connectivity index (χ2v) is 6.52. The van der Waals surface area contributed by atoms with Gasteiger partial charge in [0.15, 0.2) is 11.6 Å². The van der Waals surface area contributed by atoms with Gasteiger partial charge in [-0.25, -0.2) is 18.2 Å². The summed E-state index contributed by atoms with van der Waals surface area (Å²) in [5.74, 6) is -1.88. The van der Waals surface area contributed by atoms with Gasteiger partial charge >= 0.3 is 0 Å². The van der Waals surface area contributed by atoms with Gasteiger partial charge in [0.1, 0.15) is 12.1 Å². The van der Waals surface area contributed by atoms with E-state index in [1.807, 2.05) is 6.07 Å². The highest BCUT2D eigenvalue weighted by Gasteiger charge is 2.25. The summed E-state index contributed by atoms with van der Waals surface area (Å²) in [5.41, 5.74) is 1.95. The van der Waals surface area contributed by atoms with Crippen LogP contribution in [0.5, 0.6) is 0 Å². The first kappa shape index (κ1) is 23.2. The molecule has 0 radical (unpaired) electrons. The van der Waals surface area contributed by atoms with E-state index in [0.29, 0.717) is 24.3 Å². The molecule has 1 aliphatic rings. The van der Waals surface area contributed by atoms with Crippen LogP contribution in [0.25, 0.3) is 11.5 Å². The van der Waals surface area contributed by atoms with Gasteiger partial charge in [-0.3, -0.25) is 4.90 Å². The molecule has 0 aliphatic carbocycles. The molecule has 1 aromatic heterocycles. The minimum atomic E-state index is -0.944. The first-order valence-electron chi connectivity index (χ1n) is 8.70. The van der Waals surface area contributed by atoms with E-state index in [-0.39, 0.29) is 42.6 Å². The molecule has 1 unspecified atom stereocenters. The maximum absolute atomic E-state index is 13.6. The lowest BCUT2D eigenvalue weighted by molar-refractivity contribution is 0.151. The van der Waals surface area contributed by atoms with Crippen molar-refractivity contribution in [3.8, 4) is 11.5 Å². The van der Waals surface area contributed by atoms with Crippen molar-refractivity contribution in [1.82, 2.24) is 15.2 Å². The maximum atomic E-state index is 13.6. The number of benzene rings is 2. The lowest BCUT2D eigenvalue weighted by Gasteiger charge is -2.36.